The predicted molar refractivity (Wildman–Crippen MR) is 106 cm³/mol. The van der Waals surface area contributed by atoms with Crippen molar-refractivity contribution in [1.82, 2.24) is 10.2 Å². The third kappa shape index (κ3) is 9.18. The first kappa shape index (κ1) is 22.0. The fourth-order valence-electron chi connectivity index (χ4n) is 3.12. The summed E-state index contributed by atoms with van der Waals surface area (Å²) in [6.45, 7) is 5.39. The van der Waals surface area contributed by atoms with E-state index < -0.39 is 0 Å². The van der Waals surface area contributed by atoms with Crippen molar-refractivity contribution in [2.75, 3.05) is 40.9 Å². The number of rotatable bonds is 8. The molecule has 1 N–H and O–H groups in total. The zero-order valence-corrected chi connectivity index (χ0v) is 17.3. The molecule has 1 saturated carbocycles. The van der Waals surface area contributed by atoms with Gasteiger partial charge in [0.2, 0.25) is 0 Å². The van der Waals surface area contributed by atoms with Gasteiger partial charge >= 0.3 is 0 Å². The summed E-state index contributed by atoms with van der Waals surface area (Å²) < 4.78 is 5.07. The lowest BCUT2D eigenvalue weighted by molar-refractivity contribution is 0.192. The molecular weight excluding hydrogens is 389 g/mol. The third-order valence-electron chi connectivity index (χ3n) is 4.55. The quantitative estimate of drug-likeness (QED) is 0.279. The van der Waals surface area contributed by atoms with Crippen LogP contribution in [0.3, 0.4) is 0 Å². The summed E-state index contributed by atoms with van der Waals surface area (Å²) in [7, 11) is 5.81. The maximum Gasteiger partial charge on any atom is 0.193 e. The highest BCUT2D eigenvalue weighted by Crippen LogP contribution is 2.28. The fourth-order valence-corrected chi connectivity index (χ4v) is 3.12. The summed E-state index contributed by atoms with van der Waals surface area (Å²) in [5.41, 5.74) is 0. The van der Waals surface area contributed by atoms with Crippen LogP contribution >= 0.6 is 24.0 Å². The standard InChI is InChI=1S/C17H35N3O.HI/c1-15-8-10-16(11-9-15)14-20(3)17(18-2)19-12-6-5-7-13-21-4;/h15-16H,5-14H2,1-4H3,(H,18,19);1H. The largest absolute Gasteiger partial charge is 0.385 e. The first-order valence-corrected chi connectivity index (χ1v) is 8.58. The average Bonchev–Trinajstić information content (AvgIpc) is 2.49. The van der Waals surface area contributed by atoms with Gasteiger partial charge in [0.1, 0.15) is 0 Å². The molecule has 0 saturated heterocycles. The van der Waals surface area contributed by atoms with Crippen LogP contribution in [-0.2, 0) is 4.74 Å². The molecule has 0 aromatic carbocycles. The number of aliphatic imine (C=N–C) groups is 1. The highest BCUT2D eigenvalue weighted by atomic mass is 127. The maximum atomic E-state index is 5.07. The molecule has 132 valence electrons. The van der Waals surface area contributed by atoms with E-state index in [1.54, 1.807) is 7.11 Å². The monoisotopic (exact) mass is 425 g/mol. The normalized spacial score (nSPS) is 22.1. The van der Waals surface area contributed by atoms with Gasteiger partial charge in [-0.25, -0.2) is 0 Å². The van der Waals surface area contributed by atoms with Gasteiger partial charge < -0.3 is 15.0 Å². The molecule has 1 aliphatic carbocycles. The summed E-state index contributed by atoms with van der Waals surface area (Å²) in [5, 5.41) is 3.48. The van der Waals surface area contributed by atoms with Crippen molar-refractivity contribution in [2.24, 2.45) is 16.8 Å². The van der Waals surface area contributed by atoms with E-state index in [0.717, 1.165) is 43.9 Å². The van der Waals surface area contributed by atoms with E-state index >= 15 is 0 Å². The highest BCUT2D eigenvalue weighted by Gasteiger charge is 2.20. The van der Waals surface area contributed by atoms with E-state index in [1.165, 1.54) is 38.5 Å². The predicted octanol–water partition coefficient (Wildman–Crippen LogP) is 3.75. The fraction of sp³-hybridized carbons (Fsp3) is 0.941. The van der Waals surface area contributed by atoms with Gasteiger partial charge in [-0.1, -0.05) is 19.8 Å². The molecule has 0 aromatic heterocycles. The third-order valence-corrected chi connectivity index (χ3v) is 4.55. The second-order valence-corrected chi connectivity index (χ2v) is 6.53. The van der Waals surface area contributed by atoms with Crippen molar-refractivity contribution in [3.8, 4) is 0 Å². The molecule has 0 bridgehead atoms. The van der Waals surface area contributed by atoms with Gasteiger partial charge in [0.05, 0.1) is 0 Å². The van der Waals surface area contributed by atoms with Crippen LogP contribution in [0.1, 0.15) is 51.9 Å². The Morgan fingerprint density at radius 3 is 2.45 bits per heavy atom. The molecule has 0 spiro atoms. The van der Waals surface area contributed by atoms with Crippen LogP contribution in [0, 0.1) is 11.8 Å². The Balaban J connectivity index is 0.00000441. The molecule has 0 amide bonds. The lowest BCUT2D eigenvalue weighted by Gasteiger charge is -2.31. The summed E-state index contributed by atoms with van der Waals surface area (Å²) in [5.74, 6) is 2.81. The van der Waals surface area contributed by atoms with Crippen molar-refractivity contribution < 1.29 is 4.74 Å². The molecule has 0 aliphatic heterocycles. The molecule has 1 rings (SSSR count). The summed E-state index contributed by atoms with van der Waals surface area (Å²) in [6, 6.07) is 0. The first-order valence-electron chi connectivity index (χ1n) is 8.58. The lowest BCUT2D eigenvalue weighted by atomic mass is 9.83. The van der Waals surface area contributed by atoms with Gasteiger partial charge in [0, 0.05) is 40.9 Å². The average molecular weight is 425 g/mol. The Hall–Kier alpha value is -0.0400. The van der Waals surface area contributed by atoms with Gasteiger partial charge in [-0.3, -0.25) is 4.99 Å². The van der Waals surface area contributed by atoms with E-state index in [1.807, 2.05) is 7.05 Å². The summed E-state index contributed by atoms with van der Waals surface area (Å²) in [4.78, 5) is 6.71. The molecule has 0 radical (unpaired) electrons. The number of guanidine groups is 1. The molecule has 0 atom stereocenters. The Morgan fingerprint density at radius 1 is 1.18 bits per heavy atom. The number of halogens is 1. The second kappa shape index (κ2) is 13.4. The molecule has 1 aliphatic rings. The Labute approximate surface area is 154 Å². The minimum atomic E-state index is 0. The molecule has 0 heterocycles. The van der Waals surface area contributed by atoms with E-state index in [9.17, 15) is 0 Å². The Kier molecular flexibility index (Phi) is 13.4. The minimum absolute atomic E-state index is 0. The zero-order valence-electron chi connectivity index (χ0n) is 14.9. The number of methoxy groups -OCH3 is 1. The van der Waals surface area contributed by atoms with E-state index in [0.29, 0.717) is 0 Å². The number of unbranched alkanes of at least 4 members (excludes halogenated alkanes) is 2. The SMILES string of the molecule is CN=C(NCCCCCOC)N(C)CC1CCC(C)CC1.I. The van der Waals surface area contributed by atoms with E-state index in [-0.39, 0.29) is 24.0 Å². The van der Waals surface area contributed by atoms with Gasteiger partial charge in [-0.2, -0.15) is 0 Å². The van der Waals surface area contributed by atoms with Crippen LogP contribution in [0.5, 0.6) is 0 Å². The number of hydrogen-bond donors (Lipinski definition) is 1. The van der Waals surface area contributed by atoms with Crippen molar-refractivity contribution >= 4 is 29.9 Å². The molecule has 4 nitrogen and oxygen atoms in total. The van der Waals surface area contributed by atoms with Crippen molar-refractivity contribution in [3.63, 3.8) is 0 Å². The van der Waals surface area contributed by atoms with Crippen molar-refractivity contribution in [1.29, 1.82) is 0 Å². The molecule has 0 unspecified atom stereocenters. The first-order chi connectivity index (χ1) is 10.2. The van der Waals surface area contributed by atoms with E-state index in [4.69, 9.17) is 4.74 Å². The molecule has 1 fully saturated rings. The van der Waals surface area contributed by atoms with Crippen LogP contribution in [0.4, 0.5) is 0 Å². The maximum absolute atomic E-state index is 5.07. The smallest absolute Gasteiger partial charge is 0.193 e. The topological polar surface area (TPSA) is 36.9 Å². The van der Waals surface area contributed by atoms with Gasteiger partial charge in [-0.05, 0) is 43.9 Å². The van der Waals surface area contributed by atoms with Gasteiger partial charge in [-0.15, -0.1) is 24.0 Å². The summed E-state index contributed by atoms with van der Waals surface area (Å²) in [6.07, 6.45) is 9.07. The number of nitrogens with zero attached hydrogens (tertiary/aromatic N) is 2. The molecule has 5 heteroatoms. The molecular formula is C17H36IN3O. The van der Waals surface area contributed by atoms with Crippen LogP contribution in [0.15, 0.2) is 4.99 Å². The van der Waals surface area contributed by atoms with Crippen LogP contribution in [0.25, 0.3) is 0 Å². The highest BCUT2D eigenvalue weighted by molar-refractivity contribution is 14.0. The lowest BCUT2D eigenvalue weighted by Crippen LogP contribution is -2.42. The van der Waals surface area contributed by atoms with Crippen LogP contribution in [-0.4, -0.2) is 51.8 Å². The second-order valence-electron chi connectivity index (χ2n) is 6.53. The van der Waals surface area contributed by atoms with Crippen molar-refractivity contribution in [2.45, 2.75) is 51.9 Å². The molecule has 0 aromatic rings. The van der Waals surface area contributed by atoms with Gasteiger partial charge in [0.25, 0.3) is 0 Å². The molecule has 22 heavy (non-hydrogen) atoms. The summed E-state index contributed by atoms with van der Waals surface area (Å²) >= 11 is 0. The number of hydrogen-bond acceptors (Lipinski definition) is 2. The number of ether oxygens (including phenoxy) is 1. The van der Waals surface area contributed by atoms with Crippen LogP contribution < -0.4 is 5.32 Å². The van der Waals surface area contributed by atoms with Crippen molar-refractivity contribution in [3.05, 3.63) is 0 Å². The Bertz CT molecular complexity index is 292. The number of nitrogens with one attached hydrogen (secondary N) is 1. The Morgan fingerprint density at radius 2 is 1.86 bits per heavy atom. The van der Waals surface area contributed by atoms with Gasteiger partial charge in [0.15, 0.2) is 5.96 Å². The van der Waals surface area contributed by atoms with E-state index in [2.05, 4.69) is 29.2 Å². The zero-order chi connectivity index (χ0) is 15.5. The van der Waals surface area contributed by atoms with Crippen LogP contribution in [0.2, 0.25) is 0 Å². The minimum Gasteiger partial charge on any atom is -0.385 e.